The zero-order chi connectivity index (χ0) is 17.3. The molecule has 0 aliphatic heterocycles. The Bertz CT molecular complexity index is 912. The summed E-state index contributed by atoms with van der Waals surface area (Å²) in [6, 6.07) is 11.5. The summed E-state index contributed by atoms with van der Waals surface area (Å²) in [5, 5.41) is 8.91. The van der Waals surface area contributed by atoms with Crippen LogP contribution in [-0.2, 0) is 24.9 Å². The lowest BCUT2D eigenvalue weighted by Gasteiger charge is -2.10. The van der Waals surface area contributed by atoms with Gasteiger partial charge in [0.1, 0.15) is 18.2 Å². The van der Waals surface area contributed by atoms with Gasteiger partial charge >= 0.3 is 5.97 Å². The van der Waals surface area contributed by atoms with E-state index in [0.29, 0.717) is 6.61 Å². The minimum Gasteiger partial charge on any atom is -0.485 e. The van der Waals surface area contributed by atoms with E-state index in [4.69, 9.17) is 9.84 Å². The molecule has 1 aromatic heterocycles. The number of ether oxygens (including phenoxy) is 1. The summed E-state index contributed by atoms with van der Waals surface area (Å²) in [4.78, 5) is 15.4. The Morgan fingerprint density at radius 3 is 2.79 bits per heavy atom. The standard InChI is InChI=1S/C19H20N2O3/c1-12-5-4-6-17(13(12)2)24-11-18-20-15-9-14(10-19(22)23)7-8-16(15)21(18)3/h4-9H,10-11H2,1-3H3,(H,22,23). The minimum atomic E-state index is -0.844. The highest BCUT2D eigenvalue weighted by molar-refractivity contribution is 5.79. The van der Waals surface area contributed by atoms with Crippen molar-refractivity contribution in [3.05, 3.63) is 58.9 Å². The quantitative estimate of drug-likeness (QED) is 0.781. The number of hydrogen-bond acceptors (Lipinski definition) is 3. The van der Waals surface area contributed by atoms with Gasteiger partial charge in [0, 0.05) is 7.05 Å². The Morgan fingerprint density at radius 2 is 2.04 bits per heavy atom. The number of hydrogen-bond donors (Lipinski definition) is 1. The predicted molar refractivity (Wildman–Crippen MR) is 92.3 cm³/mol. The average Bonchev–Trinajstić information content (AvgIpc) is 2.84. The number of rotatable bonds is 5. The Labute approximate surface area is 140 Å². The fourth-order valence-electron chi connectivity index (χ4n) is 2.73. The maximum Gasteiger partial charge on any atom is 0.307 e. The van der Waals surface area contributed by atoms with Gasteiger partial charge in [0.05, 0.1) is 17.5 Å². The first-order chi connectivity index (χ1) is 11.5. The number of aromatic nitrogens is 2. The van der Waals surface area contributed by atoms with Crippen LogP contribution in [0.4, 0.5) is 0 Å². The summed E-state index contributed by atoms with van der Waals surface area (Å²) >= 11 is 0. The summed E-state index contributed by atoms with van der Waals surface area (Å²) in [7, 11) is 1.94. The second kappa shape index (κ2) is 6.35. The van der Waals surface area contributed by atoms with Gasteiger partial charge in [0.15, 0.2) is 0 Å². The van der Waals surface area contributed by atoms with Crippen LogP contribution < -0.4 is 4.74 Å². The molecule has 0 fully saturated rings. The van der Waals surface area contributed by atoms with Gasteiger partial charge in [-0.1, -0.05) is 18.2 Å². The van der Waals surface area contributed by atoms with Crippen molar-refractivity contribution in [1.82, 2.24) is 9.55 Å². The van der Waals surface area contributed by atoms with E-state index in [1.165, 1.54) is 5.56 Å². The first-order valence-electron chi connectivity index (χ1n) is 7.80. The highest BCUT2D eigenvalue weighted by Crippen LogP contribution is 2.23. The first kappa shape index (κ1) is 16.1. The number of aryl methyl sites for hydroxylation is 2. The van der Waals surface area contributed by atoms with Gasteiger partial charge in [0.25, 0.3) is 0 Å². The Hall–Kier alpha value is -2.82. The third kappa shape index (κ3) is 3.11. The second-order valence-corrected chi connectivity index (χ2v) is 5.97. The fraction of sp³-hybridized carbons (Fsp3) is 0.263. The van der Waals surface area contributed by atoms with Crippen LogP contribution in [0.5, 0.6) is 5.75 Å². The van der Waals surface area contributed by atoms with Gasteiger partial charge in [-0.3, -0.25) is 4.79 Å². The van der Waals surface area contributed by atoms with Crippen LogP contribution in [0, 0.1) is 13.8 Å². The zero-order valence-electron chi connectivity index (χ0n) is 14.0. The molecule has 24 heavy (non-hydrogen) atoms. The van der Waals surface area contributed by atoms with Crippen LogP contribution in [0.25, 0.3) is 11.0 Å². The molecule has 0 radical (unpaired) electrons. The minimum absolute atomic E-state index is 0.000828. The van der Waals surface area contributed by atoms with Gasteiger partial charge in [-0.2, -0.15) is 0 Å². The van der Waals surface area contributed by atoms with Crippen LogP contribution in [0.2, 0.25) is 0 Å². The summed E-state index contributed by atoms with van der Waals surface area (Å²) in [5.41, 5.74) is 4.81. The van der Waals surface area contributed by atoms with Crippen molar-refractivity contribution in [3.63, 3.8) is 0 Å². The van der Waals surface area contributed by atoms with Crippen LogP contribution in [0.15, 0.2) is 36.4 Å². The molecular weight excluding hydrogens is 304 g/mol. The van der Waals surface area contributed by atoms with Gasteiger partial charge in [-0.25, -0.2) is 4.98 Å². The number of benzene rings is 2. The third-order valence-corrected chi connectivity index (χ3v) is 4.30. The largest absolute Gasteiger partial charge is 0.485 e. The molecule has 0 spiro atoms. The van der Waals surface area contributed by atoms with Crippen LogP contribution in [-0.4, -0.2) is 20.6 Å². The number of carbonyl (C=O) groups is 1. The summed E-state index contributed by atoms with van der Waals surface area (Å²) in [5.74, 6) is 0.816. The highest BCUT2D eigenvalue weighted by Gasteiger charge is 2.11. The molecule has 0 aliphatic carbocycles. The van der Waals surface area contributed by atoms with Gasteiger partial charge in [-0.05, 0) is 48.7 Å². The monoisotopic (exact) mass is 324 g/mol. The number of carboxylic acids is 1. The molecule has 1 heterocycles. The Balaban J connectivity index is 1.85. The lowest BCUT2D eigenvalue weighted by molar-refractivity contribution is -0.136. The lowest BCUT2D eigenvalue weighted by Crippen LogP contribution is -2.04. The Kier molecular flexibility index (Phi) is 4.25. The number of imidazole rings is 1. The van der Waals surface area contributed by atoms with Crippen LogP contribution in [0.3, 0.4) is 0 Å². The van der Waals surface area contributed by atoms with E-state index in [1.54, 1.807) is 0 Å². The van der Waals surface area contributed by atoms with Crippen LogP contribution >= 0.6 is 0 Å². The van der Waals surface area contributed by atoms with Gasteiger partial charge in [0.2, 0.25) is 0 Å². The molecule has 0 atom stereocenters. The molecule has 3 aromatic rings. The molecule has 0 aliphatic rings. The smallest absolute Gasteiger partial charge is 0.307 e. The normalized spacial score (nSPS) is 11.0. The number of carboxylic acid groups (broad SMARTS) is 1. The molecule has 0 amide bonds. The molecule has 124 valence electrons. The van der Waals surface area contributed by atoms with Crippen molar-refractivity contribution in [1.29, 1.82) is 0 Å². The SMILES string of the molecule is Cc1cccc(OCc2nc3cc(CC(=O)O)ccc3n2C)c1C. The second-order valence-electron chi connectivity index (χ2n) is 5.97. The maximum atomic E-state index is 10.9. The van der Waals surface area contributed by atoms with E-state index in [9.17, 15) is 4.79 Å². The number of nitrogens with zero attached hydrogens (tertiary/aromatic N) is 2. The zero-order valence-corrected chi connectivity index (χ0v) is 14.0. The summed E-state index contributed by atoms with van der Waals surface area (Å²) in [6.07, 6.45) is 0.000828. The topological polar surface area (TPSA) is 64.3 Å². The van der Waals surface area contributed by atoms with E-state index >= 15 is 0 Å². The van der Waals surface area contributed by atoms with E-state index in [-0.39, 0.29) is 6.42 Å². The number of aliphatic carboxylic acids is 1. The van der Waals surface area contributed by atoms with Crippen molar-refractivity contribution in [3.8, 4) is 5.75 Å². The molecule has 2 aromatic carbocycles. The van der Waals surface area contributed by atoms with Crippen LogP contribution in [0.1, 0.15) is 22.5 Å². The lowest BCUT2D eigenvalue weighted by atomic mass is 10.1. The van der Waals surface area contributed by atoms with Gasteiger partial charge in [-0.15, -0.1) is 0 Å². The van der Waals surface area contributed by atoms with E-state index in [2.05, 4.69) is 18.0 Å². The fourth-order valence-corrected chi connectivity index (χ4v) is 2.73. The van der Waals surface area contributed by atoms with Gasteiger partial charge < -0.3 is 14.4 Å². The van der Waals surface area contributed by atoms with E-state index in [1.807, 2.05) is 48.9 Å². The first-order valence-corrected chi connectivity index (χ1v) is 7.80. The molecule has 0 saturated carbocycles. The number of fused-ring (bicyclic) bond motifs is 1. The molecule has 5 nitrogen and oxygen atoms in total. The highest BCUT2D eigenvalue weighted by atomic mass is 16.5. The third-order valence-electron chi connectivity index (χ3n) is 4.30. The maximum absolute atomic E-state index is 10.9. The van der Waals surface area contributed by atoms with Crippen molar-refractivity contribution in [2.75, 3.05) is 0 Å². The van der Waals surface area contributed by atoms with E-state index < -0.39 is 5.97 Å². The molecule has 0 bridgehead atoms. The van der Waals surface area contributed by atoms with Crippen molar-refractivity contribution in [2.45, 2.75) is 26.9 Å². The Morgan fingerprint density at radius 1 is 1.25 bits per heavy atom. The molecule has 3 rings (SSSR count). The molecule has 0 saturated heterocycles. The predicted octanol–water partition coefficient (Wildman–Crippen LogP) is 3.40. The molecule has 5 heteroatoms. The molecule has 0 unspecified atom stereocenters. The van der Waals surface area contributed by atoms with Crippen molar-refractivity contribution >= 4 is 17.0 Å². The van der Waals surface area contributed by atoms with E-state index in [0.717, 1.165) is 33.7 Å². The molecule has 1 N–H and O–H groups in total. The van der Waals surface area contributed by atoms with Crippen molar-refractivity contribution < 1.29 is 14.6 Å². The average molecular weight is 324 g/mol. The summed E-state index contributed by atoms with van der Waals surface area (Å²) < 4.78 is 7.91. The van der Waals surface area contributed by atoms with Crippen molar-refractivity contribution in [2.24, 2.45) is 7.05 Å². The molecular formula is C19H20N2O3. The summed E-state index contributed by atoms with van der Waals surface area (Å²) in [6.45, 7) is 4.46.